The van der Waals surface area contributed by atoms with Crippen molar-refractivity contribution in [2.75, 3.05) is 19.8 Å². The van der Waals surface area contributed by atoms with Gasteiger partial charge in [-0.2, -0.15) is 0 Å². The van der Waals surface area contributed by atoms with Crippen LogP contribution in [0.4, 0.5) is 0 Å². The Labute approximate surface area is 210 Å². The first kappa shape index (κ1) is 28.3. The number of fused-ring (bicyclic) bond motifs is 1. The van der Waals surface area contributed by atoms with Crippen molar-refractivity contribution < 1.29 is 59.4 Å². The first-order chi connectivity index (χ1) is 16.7. The van der Waals surface area contributed by atoms with Crippen LogP contribution in [0.1, 0.15) is 40.5 Å². The Morgan fingerprint density at radius 2 is 1.72 bits per heavy atom. The molecule has 0 bridgehead atoms. The fourth-order valence-electron chi connectivity index (χ4n) is 5.98. The lowest BCUT2D eigenvalue weighted by Gasteiger charge is -2.43. The van der Waals surface area contributed by atoms with Crippen LogP contribution in [0.15, 0.2) is 12.2 Å². The zero-order chi connectivity index (χ0) is 26.7. The van der Waals surface area contributed by atoms with Crippen molar-refractivity contribution >= 4 is 0 Å². The van der Waals surface area contributed by atoms with Crippen molar-refractivity contribution in [1.82, 2.24) is 0 Å². The van der Waals surface area contributed by atoms with Gasteiger partial charge in [0, 0.05) is 11.8 Å². The lowest BCUT2D eigenvalue weighted by Crippen LogP contribution is -2.61. The van der Waals surface area contributed by atoms with Crippen molar-refractivity contribution in [3.63, 3.8) is 0 Å². The Bertz CT molecular complexity index is 823. The van der Waals surface area contributed by atoms with E-state index in [1.54, 1.807) is 13.0 Å². The van der Waals surface area contributed by atoms with Crippen LogP contribution in [-0.2, 0) is 23.7 Å². The van der Waals surface area contributed by atoms with E-state index < -0.39 is 91.9 Å². The molecule has 7 N–H and O–H groups in total. The highest BCUT2D eigenvalue weighted by Gasteiger charge is 2.74. The van der Waals surface area contributed by atoms with Crippen LogP contribution in [0.25, 0.3) is 0 Å². The molecular formula is C24H40O12. The molecule has 4 fully saturated rings. The van der Waals surface area contributed by atoms with E-state index in [-0.39, 0.29) is 5.41 Å². The summed E-state index contributed by atoms with van der Waals surface area (Å²) in [7, 11) is 0. The monoisotopic (exact) mass is 520 g/mol. The summed E-state index contributed by atoms with van der Waals surface area (Å²) in [6.07, 6.45) is -6.22. The average molecular weight is 521 g/mol. The minimum atomic E-state index is -1.94. The molecule has 0 aromatic carbocycles. The number of rotatable bonds is 8. The summed E-state index contributed by atoms with van der Waals surface area (Å²) >= 11 is 0. The van der Waals surface area contributed by atoms with Crippen molar-refractivity contribution in [3.05, 3.63) is 12.2 Å². The maximum absolute atomic E-state index is 10.7. The molecule has 4 aliphatic rings. The van der Waals surface area contributed by atoms with E-state index in [1.807, 2.05) is 26.8 Å². The summed E-state index contributed by atoms with van der Waals surface area (Å²) in [4.78, 5) is 0. The fourth-order valence-corrected chi connectivity index (χ4v) is 5.98. The lowest BCUT2D eigenvalue weighted by atomic mass is 9.63. The standard InChI is InChI=1S/C24H40O12/c1-12(5-6-24-21(2,3)7-13(27)8-22(24,4)36-24)33-19-17(16(29)15(28)14(9-25)34-19)35-20-18(30)23(31,10-26)11-32-20/h5-6,12-20,25-31H,7-11H2,1-4H3/t12-,13+,14-,15-,16+,17-,18+,19-,20+,22-,23-,24+/m1/s1. The highest BCUT2D eigenvalue weighted by Crippen LogP contribution is 2.66. The minimum absolute atomic E-state index is 0.329. The molecule has 0 aromatic rings. The third-order valence-electron chi connectivity index (χ3n) is 8.15. The number of aliphatic hydroxyl groups is 7. The molecule has 0 unspecified atom stereocenters. The second kappa shape index (κ2) is 9.78. The molecule has 0 spiro atoms. The molecule has 3 aliphatic heterocycles. The van der Waals surface area contributed by atoms with E-state index in [1.165, 1.54) is 0 Å². The first-order valence-electron chi connectivity index (χ1n) is 12.4. The molecule has 0 amide bonds. The molecule has 4 rings (SSSR count). The molecule has 3 heterocycles. The number of hydrogen-bond donors (Lipinski definition) is 7. The average Bonchev–Trinajstić information content (AvgIpc) is 3.33. The summed E-state index contributed by atoms with van der Waals surface area (Å²) in [5.41, 5.74) is -3.36. The molecule has 208 valence electrons. The van der Waals surface area contributed by atoms with E-state index in [2.05, 4.69) is 0 Å². The molecule has 12 nitrogen and oxygen atoms in total. The molecule has 3 saturated heterocycles. The van der Waals surface area contributed by atoms with Crippen LogP contribution in [0.3, 0.4) is 0 Å². The Balaban J connectivity index is 1.48. The van der Waals surface area contributed by atoms with Gasteiger partial charge in [0.1, 0.15) is 47.3 Å². The SMILES string of the molecule is C[C@H](C=C[C@@]12O[C@]1(C)C[C@@H](O)CC2(C)C)O[C@@H]1O[C@H](CO)[C@@H](O)[C@H](O)[C@H]1O[C@@H]1OC[C@](O)(CO)[C@H]1O. The normalized spacial score (nSPS) is 51.3. The third-order valence-corrected chi connectivity index (χ3v) is 8.15. The maximum atomic E-state index is 10.7. The Hall–Kier alpha value is -0.740. The zero-order valence-electron chi connectivity index (χ0n) is 21.1. The second-order valence-electron chi connectivity index (χ2n) is 11.4. The van der Waals surface area contributed by atoms with Crippen molar-refractivity contribution in [3.8, 4) is 0 Å². The topological polar surface area (TPSA) is 191 Å². The summed E-state index contributed by atoms with van der Waals surface area (Å²) in [5, 5.41) is 70.8. The van der Waals surface area contributed by atoms with Crippen LogP contribution in [-0.4, -0.2) is 128 Å². The van der Waals surface area contributed by atoms with E-state index in [9.17, 15) is 35.7 Å². The quantitative estimate of drug-likeness (QED) is 0.137. The highest BCUT2D eigenvalue weighted by molar-refractivity contribution is 5.32. The van der Waals surface area contributed by atoms with Crippen LogP contribution >= 0.6 is 0 Å². The fraction of sp³-hybridized carbons (Fsp3) is 0.917. The van der Waals surface area contributed by atoms with E-state index in [0.717, 1.165) is 0 Å². The van der Waals surface area contributed by atoms with Crippen LogP contribution in [0.5, 0.6) is 0 Å². The second-order valence-corrected chi connectivity index (χ2v) is 11.4. The van der Waals surface area contributed by atoms with Gasteiger partial charge in [-0.05, 0) is 20.3 Å². The van der Waals surface area contributed by atoms with Gasteiger partial charge in [0.05, 0.1) is 32.0 Å². The van der Waals surface area contributed by atoms with Crippen LogP contribution in [0.2, 0.25) is 0 Å². The molecular weight excluding hydrogens is 480 g/mol. The van der Waals surface area contributed by atoms with Crippen molar-refractivity contribution in [1.29, 1.82) is 0 Å². The molecule has 0 aromatic heterocycles. The summed E-state index contributed by atoms with van der Waals surface area (Å²) in [6.45, 7) is 6.00. The van der Waals surface area contributed by atoms with Gasteiger partial charge in [0.25, 0.3) is 0 Å². The molecule has 12 heteroatoms. The van der Waals surface area contributed by atoms with Gasteiger partial charge < -0.3 is 59.4 Å². The van der Waals surface area contributed by atoms with Gasteiger partial charge in [0.15, 0.2) is 12.6 Å². The third kappa shape index (κ3) is 4.65. The molecule has 12 atom stereocenters. The van der Waals surface area contributed by atoms with Crippen LogP contribution < -0.4 is 0 Å². The number of hydrogen-bond acceptors (Lipinski definition) is 12. The highest BCUT2D eigenvalue weighted by atomic mass is 16.8. The summed E-state index contributed by atoms with van der Waals surface area (Å²) in [5.74, 6) is 0. The van der Waals surface area contributed by atoms with Gasteiger partial charge in [-0.25, -0.2) is 0 Å². The maximum Gasteiger partial charge on any atom is 0.187 e. The van der Waals surface area contributed by atoms with Crippen molar-refractivity contribution in [2.45, 2.75) is 113 Å². The number of aliphatic hydroxyl groups excluding tert-OH is 6. The molecule has 1 saturated carbocycles. The Morgan fingerprint density at radius 3 is 2.31 bits per heavy atom. The van der Waals surface area contributed by atoms with Gasteiger partial charge in [-0.3, -0.25) is 0 Å². The predicted octanol–water partition coefficient (Wildman–Crippen LogP) is -2.08. The minimum Gasteiger partial charge on any atom is -0.394 e. The Morgan fingerprint density at radius 1 is 1.03 bits per heavy atom. The molecule has 36 heavy (non-hydrogen) atoms. The van der Waals surface area contributed by atoms with E-state index >= 15 is 0 Å². The van der Waals surface area contributed by atoms with Gasteiger partial charge in [-0.1, -0.05) is 26.0 Å². The van der Waals surface area contributed by atoms with Gasteiger partial charge in [-0.15, -0.1) is 0 Å². The van der Waals surface area contributed by atoms with Gasteiger partial charge >= 0.3 is 0 Å². The number of epoxide rings is 1. The smallest absolute Gasteiger partial charge is 0.187 e. The van der Waals surface area contributed by atoms with E-state index in [0.29, 0.717) is 12.8 Å². The van der Waals surface area contributed by atoms with E-state index in [4.69, 9.17) is 23.7 Å². The summed E-state index contributed by atoms with van der Waals surface area (Å²) in [6, 6.07) is 0. The van der Waals surface area contributed by atoms with Crippen molar-refractivity contribution in [2.24, 2.45) is 5.41 Å². The number of ether oxygens (including phenoxy) is 5. The predicted molar refractivity (Wildman–Crippen MR) is 121 cm³/mol. The molecule has 0 radical (unpaired) electrons. The first-order valence-corrected chi connectivity index (χ1v) is 12.4. The molecule has 1 aliphatic carbocycles. The lowest BCUT2D eigenvalue weighted by molar-refractivity contribution is -0.339. The summed E-state index contributed by atoms with van der Waals surface area (Å²) < 4.78 is 28.7. The van der Waals surface area contributed by atoms with Gasteiger partial charge in [0.2, 0.25) is 0 Å². The zero-order valence-corrected chi connectivity index (χ0v) is 21.1. The van der Waals surface area contributed by atoms with Crippen LogP contribution in [0, 0.1) is 5.41 Å². The Kier molecular flexibility index (Phi) is 7.68. The largest absolute Gasteiger partial charge is 0.394 e.